The van der Waals surface area contributed by atoms with Gasteiger partial charge in [0.1, 0.15) is 0 Å². The van der Waals surface area contributed by atoms with Gasteiger partial charge in [-0.15, -0.1) is 0 Å². The summed E-state index contributed by atoms with van der Waals surface area (Å²) in [5, 5.41) is 0. The third-order valence-electron chi connectivity index (χ3n) is 2.34. The molecule has 0 bridgehead atoms. The third kappa shape index (κ3) is 1.55. The van der Waals surface area contributed by atoms with Gasteiger partial charge in [-0.2, -0.15) is 0 Å². The lowest BCUT2D eigenvalue weighted by Crippen LogP contribution is -2.55. The lowest BCUT2D eigenvalue weighted by molar-refractivity contribution is -0.148. The Morgan fingerprint density at radius 1 is 1.64 bits per heavy atom. The molecule has 0 radical (unpaired) electrons. The van der Waals surface area contributed by atoms with Crippen LogP contribution < -0.4 is 0 Å². The number of β-lactam (4-membered cyclic amide) rings is 1. The SMILES string of the molecule is CCCN1C(=O)CC1C(C)C. The third-order valence-corrected chi connectivity index (χ3v) is 2.34. The zero-order chi connectivity index (χ0) is 8.43. The summed E-state index contributed by atoms with van der Waals surface area (Å²) in [6.45, 7) is 7.42. The van der Waals surface area contributed by atoms with E-state index in [1.54, 1.807) is 0 Å². The second-order valence-electron chi connectivity index (χ2n) is 3.60. The summed E-state index contributed by atoms with van der Waals surface area (Å²) in [7, 11) is 0. The van der Waals surface area contributed by atoms with Crippen molar-refractivity contribution in [1.82, 2.24) is 4.90 Å². The Morgan fingerprint density at radius 2 is 2.27 bits per heavy atom. The molecule has 64 valence electrons. The van der Waals surface area contributed by atoms with Crippen LogP contribution in [-0.2, 0) is 4.79 Å². The van der Waals surface area contributed by atoms with E-state index in [1.807, 2.05) is 4.90 Å². The van der Waals surface area contributed by atoms with Gasteiger partial charge >= 0.3 is 0 Å². The molecule has 1 heterocycles. The van der Waals surface area contributed by atoms with E-state index >= 15 is 0 Å². The summed E-state index contributed by atoms with van der Waals surface area (Å²) in [4.78, 5) is 13.1. The molecule has 2 heteroatoms. The van der Waals surface area contributed by atoms with Crippen LogP contribution in [0.3, 0.4) is 0 Å². The van der Waals surface area contributed by atoms with Gasteiger partial charge < -0.3 is 4.90 Å². The van der Waals surface area contributed by atoms with Gasteiger partial charge in [-0.3, -0.25) is 4.79 Å². The molecule has 0 N–H and O–H groups in total. The minimum absolute atomic E-state index is 0.338. The number of hydrogen-bond donors (Lipinski definition) is 0. The highest BCUT2D eigenvalue weighted by Gasteiger charge is 2.36. The number of hydrogen-bond acceptors (Lipinski definition) is 1. The van der Waals surface area contributed by atoms with Crippen molar-refractivity contribution in [3.05, 3.63) is 0 Å². The number of amides is 1. The van der Waals surface area contributed by atoms with Gasteiger partial charge in [-0.05, 0) is 12.3 Å². The number of rotatable bonds is 3. The molecule has 1 atom stereocenters. The maximum atomic E-state index is 11.1. The molecule has 1 saturated heterocycles. The van der Waals surface area contributed by atoms with E-state index < -0.39 is 0 Å². The Bertz CT molecular complexity index is 154. The highest BCUT2D eigenvalue weighted by Crippen LogP contribution is 2.25. The molecule has 1 rings (SSSR count). The van der Waals surface area contributed by atoms with Crippen LogP contribution in [0.25, 0.3) is 0 Å². The fourth-order valence-electron chi connectivity index (χ4n) is 1.61. The van der Waals surface area contributed by atoms with Crippen LogP contribution >= 0.6 is 0 Å². The van der Waals surface area contributed by atoms with Crippen LogP contribution in [0.5, 0.6) is 0 Å². The van der Waals surface area contributed by atoms with Crippen molar-refractivity contribution in [3.63, 3.8) is 0 Å². The summed E-state index contributed by atoms with van der Waals surface area (Å²) < 4.78 is 0. The van der Waals surface area contributed by atoms with Crippen molar-refractivity contribution in [3.8, 4) is 0 Å². The maximum absolute atomic E-state index is 11.1. The Kier molecular flexibility index (Phi) is 2.53. The molecule has 1 amide bonds. The fourth-order valence-corrected chi connectivity index (χ4v) is 1.61. The molecule has 0 aromatic heterocycles. The molecule has 0 aromatic rings. The van der Waals surface area contributed by atoms with Gasteiger partial charge in [0.15, 0.2) is 0 Å². The summed E-state index contributed by atoms with van der Waals surface area (Å²) in [6, 6.07) is 0.530. The molecular weight excluding hydrogens is 138 g/mol. The van der Waals surface area contributed by atoms with E-state index in [0.29, 0.717) is 17.9 Å². The standard InChI is InChI=1S/C9H17NO/c1-4-5-10-8(7(2)3)6-9(10)11/h7-8H,4-6H2,1-3H3. The first kappa shape index (κ1) is 8.57. The minimum Gasteiger partial charge on any atom is -0.339 e. The molecule has 0 saturated carbocycles. The molecule has 0 aromatic carbocycles. The van der Waals surface area contributed by atoms with E-state index in [2.05, 4.69) is 20.8 Å². The normalized spacial score (nSPS) is 24.2. The van der Waals surface area contributed by atoms with Crippen molar-refractivity contribution in [2.24, 2.45) is 5.92 Å². The van der Waals surface area contributed by atoms with Crippen molar-refractivity contribution in [1.29, 1.82) is 0 Å². The molecule has 0 aliphatic carbocycles. The van der Waals surface area contributed by atoms with Crippen molar-refractivity contribution in [2.45, 2.75) is 39.7 Å². The molecule has 2 nitrogen and oxygen atoms in total. The quantitative estimate of drug-likeness (QED) is 0.567. The molecule has 0 spiro atoms. The number of likely N-dealkylation sites (tertiary alicyclic amines) is 1. The first-order chi connectivity index (χ1) is 5.16. The van der Waals surface area contributed by atoms with Crippen LogP contribution in [0.4, 0.5) is 0 Å². The summed E-state index contributed by atoms with van der Waals surface area (Å²) in [5.41, 5.74) is 0. The van der Waals surface area contributed by atoms with Gasteiger partial charge in [0, 0.05) is 19.0 Å². The fraction of sp³-hybridized carbons (Fsp3) is 0.889. The number of nitrogens with zero attached hydrogens (tertiary/aromatic N) is 1. The number of carbonyl (C=O) groups excluding carboxylic acids is 1. The molecule has 1 aliphatic heterocycles. The molecule has 11 heavy (non-hydrogen) atoms. The van der Waals surface area contributed by atoms with Crippen LogP contribution in [0, 0.1) is 5.92 Å². The number of carbonyl (C=O) groups is 1. The second-order valence-corrected chi connectivity index (χ2v) is 3.60. The first-order valence-corrected chi connectivity index (χ1v) is 4.46. The highest BCUT2D eigenvalue weighted by atomic mass is 16.2. The van der Waals surface area contributed by atoms with Crippen LogP contribution in [-0.4, -0.2) is 23.4 Å². The summed E-state index contributed by atoms with van der Waals surface area (Å²) >= 11 is 0. The predicted octanol–water partition coefficient (Wildman–Crippen LogP) is 1.65. The first-order valence-electron chi connectivity index (χ1n) is 4.46. The Labute approximate surface area is 68.6 Å². The molecule has 1 fully saturated rings. The van der Waals surface area contributed by atoms with Gasteiger partial charge in [0.2, 0.25) is 5.91 Å². The van der Waals surface area contributed by atoms with Crippen molar-refractivity contribution in [2.75, 3.05) is 6.54 Å². The molecule has 1 unspecified atom stereocenters. The highest BCUT2D eigenvalue weighted by molar-refractivity contribution is 5.83. The monoisotopic (exact) mass is 155 g/mol. The Hall–Kier alpha value is -0.530. The Morgan fingerprint density at radius 3 is 2.64 bits per heavy atom. The van der Waals surface area contributed by atoms with E-state index in [9.17, 15) is 4.79 Å². The van der Waals surface area contributed by atoms with Crippen molar-refractivity contribution >= 4 is 5.91 Å². The topological polar surface area (TPSA) is 20.3 Å². The van der Waals surface area contributed by atoms with Crippen LogP contribution in [0.2, 0.25) is 0 Å². The molecular formula is C9H17NO. The van der Waals surface area contributed by atoms with Crippen molar-refractivity contribution < 1.29 is 4.79 Å². The minimum atomic E-state index is 0.338. The lowest BCUT2D eigenvalue weighted by atomic mass is 9.91. The Balaban J connectivity index is 2.41. The summed E-state index contributed by atoms with van der Waals surface area (Å²) in [6.07, 6.45) is 1.85. The predicted molar refractivity (Wildman–Crippen MR) is 45.2 cm³/mol. The van der Waals surface area contributed by atoms with Crippen LogP contribution in [0.1, 0.15) is 33.6 Å². The van der Waals surface area contributed by atoms with Crippen LogP contribution in [0.15, 0.2) is 0 Å². The van der Waals surface area contributed by atoms with E-state index in [1.165, 1.54) is 0 Å². The lowest BCUT2D eigenvalue weighted by Gasteiger charge is -2.43. The smallest absolute Gasteiger partial charge is 0.224 e. The average Bonchev–Trinajstić information content (AvgIpc) is 1.95. The zero-order valence-electron chi connectivity index (χ0n) is 7.63. The van der Waals surface area contributed by atoms with E-state index in [4.69, 9.17) is 0 Å². The zero-order valence-corrected chi connectivity index (χ0v) is 7.63. The molecule has 1 aliphatic rings. The average molecular weight is 155 g/mol. The van der Waals surface area contributed by atoms with E-state index in [-0.39, 0.29) is 0 Å². The summed E-state index contributed by atoms with van der Waals surface area (Å²) in [5.74, 6) is 0.963. The van der Waals surface area contributed by atoms with Gasteiger partial charge in [-0.25, -0.2) is 0 Å². The van der Waals surface area contributed by atoms with Gasteiger partial charge in [-0.1, -0.05) is 20.8 Å². The van der Waals surface area contributed by atoms with Gasteiger partial charge in [0.25, 0.3) is 0 Å². The maximum Gasteiger partial charge on any atom is 0.224 e. The van der Waals surface area contributed by atoms with Gasteiger partial charge in [0.05, 0.1) is 0 Å². The largest absolute Gasteiger partial charge is 0.339 e. The second kappa shape index (κ2) is 3.24. The van der Waals surface area contributed by atoms with E-state index in [0.717, 1.165) is 19.4 Å².